The first-order valence-electron chi connectivity index (χ1n) is 4.90. The molecule has 0 radical (unpaired) electrons. The Balaban J connectivity index is 2.27. The standard InChI is InChI=1S/C10H21NO2/c1-9(2,13-3)4-5-10(12)6-8(11)7-10/h8,12H,4-7,11H2,1-3H3. The monoisotopic (exact) mass is 187 g/mol. The number of methoxy groups -OCH3 is 1. The molecule has 0 amide bonds. The van der Waals surface area contributed by atoms with Crippen LogP contribution in [0, 0.1) is 0 Å². The van der Waals surface area contributed by atoms with E-state index in [9.17, 15) is 5.11 Å². The molecule has 3 N–H and O–H groups in total. The Hall–Kier alpha value is -0.120. The lowest BCUT2D eigenvalue weighted by molar-refractivity contribution is -0.0757. The molecule has 1 saturated carbocycles. The van der Waals surface area contributed by atoms with Crippen molar-refractivity contribution in [2.24, 2.45) is 5.73 Å². The minimum atomic E-state index is -0.505. The fourth-order valence-corrected chi connectivity index (χ4v) is 1.76. The van der Waals surface area contributed by atoms with E-state index in [4.69, 9.17) is 10.5 Å². The van der Waals surface area contributed by atoms with Gasteiger partial charge in [0.2, 0.25) is 0 Å². The summed E-state index contributed by atoms with van der Waals surface area (Å²) in [6, 6.07) is 0.204. The number of hydrogen-bond donors (Lipinski definition) is 2. The van der Waals surface area contributed by atoms with Crippen molar-refractivity contribution in [3.8, 4) is 0 Å². The molecule has 0 aromatic heterocycles. The van der Waals surface area contributed by atoms with Gasteiger partial charge >= 0.3 is 0 Å². The van der Waals surface area contributed by atoms with Gasteiger partial charge < -0.3 is 15.6 Å². The average Bonchev–Trinajstić information content (AvgIpc) is 1.99. The van der Waals surface area contributed by atoms with Crippen molar-refractivity contribution in [3.63, 3.8) is 0 Å². The van der Waals surface area contributed by atoms with Crippen LogP contribution in [-0.2, 0) is 4.74 Å². The highest BCUT2D eigenvalue weighted by molar-refractivity contribution is 4.97. The van der Waals surface area contributed by atoms with Gasteiger partial charge in [-0.05, 0) is 39.5 Å². The van der Waals surface area contributed by atoms with Crippen LogP contribution in [0.15, 0.2) is 0 Å². The van der Waals surface area contributed by atoms with Crippen molar-refractivity contribution in [3.05, 3.63) is 0 Å². The summed E-state index contributed by atoms with van der Waals surface area (Å²) >= 11 is 0. The molecule has 0 saturated heterocycles. The van der Waals surface area contributed by atoms with Gasteiger partial charge in [-0.3, -0.25) is 0 Å². The Kier molecular flexibility index (Phi) is 3.00. The molecular formula is C10H21NO2. The van der Waals surface area contributed by atoms with Crippen molar-refractivity contribution in [1.29, 1.82) is 0 Å². The molecule has 3 heteroatoms. The predicted molar refractivity (Wildman–Crippen MR) is 52.5 cm³/mol. The first-order valence-corrected chi connectivity index (χ1v) is 4.90. The van der Waals surface area contributed by atoms with Gasteiger partial charge in [0.05, 0.1) is 11.2 Å². The number of nitrogens with two attached hydrogens (primary N) is 1. The second kappa shape index (κ2) is 3.56. The van der Waals surface area contributed by atoms with E-state index in [1.54, 1.807) is 7.11 Å². The van der Waals surface area contributed by atoms with Gasteiger partial charge in [0.25, 0.3) is 0 Å². The van der Waals surface area contributed by atoms with E-state index >= 15 is 0 Å². The Labute approximate surface area is 80.3 Å². The van der Waals surface area contributed by atoms with Crippen molar-refractivity contribution in [2.45, 2.75) is 56.8 Å². The first-order chi connectivity index (χ1) is 5.87. The largest absolute Gasteiger partial charge is 0.390 e. The van der Waals surface area contributed by atoms with Gasteiger partial charge in [0, 0.05) is 13.2 Å². The van der Waals surface area contributed by atoms with Crippen LogP contribution < -0.4 is 5.73 Å². The average molecular weight is 187 g/mol. The van der Waals surface area contributed by atoms with Gasteiger partial charge in [0.1, 0.15) is 0 Å². The fourth-order valence-electron chi connectivity index (χ4n) is 1.76. The SMILES string of the molecule is COC(C)(C)CCC1(O)CC(N)C1. The van der Waals surface area contributed by atoms with Crippen LogP contribution in [0.3, 0.4) is 0 Å². The van der Waals surface area contributed by atoms with Crippen molar-refractivity contribution < 1.29 is 9.84 Å². The number of ether oxygens (including phenoxy) is 1. The summed E-state index contributed by atoms with van der Waals surface area (Å²) in [5, 5.41) is 9.90. The highest BCUT2D eigenvalue weighted by atomic mass is 16.5. The molecule has 1 fully saturated rings. The minimum absolute atomic E-state index is 0.130. The number of aliphatic hydroxyl groups is 1. The van der Waals surface area contributed by atoms with Crippen LogP contribution in [-0.4, -0.2) is 29.5 Å². The summed E-state index contributed by atoms with van der Waals surface area (Å²) < 4.78 is 5.29. The molecule has 0 aromatic carbocycles. The summed E-state index contributed by atoms with van der Waals surface area (Å²) in [6.45, 7) is 4.07. The molecule has 0 spiro atoms. The zero-order valence-corrected chi connectivity index (χ0v) is 8.84. The molecule has 3 nitrogen and oxygen atoms in total. The molecule has 78 valence electrons. The van der Waals surface area contributed by atoms with Crippen LogP contribution >= 0.6 is 0 Å². The van der Waals surface area contributed by atoms with Crippen molar-refractivity contribution >= 4 is 0 Å². The maximum atomic E-state index is 9.90. The molecular weight excluding hydrogens is 166 g/mol. The summed E-state index contributed by atoms with van der Waals surface area (Å²) in [4.78, 5) is 0. The lowest BCUT2D eigenvalue weighted by atomic mass is 9.72. The highest BCUT2D eigenvalue weighted by Gasteiger charge is 2.41. The summed E-state index contributed by atoms with van der Waals surface area (Å²) in [5.74, 6) is 0. The molecule has 1 aliphatic carbocycles. The zero-order chi connectivity index (χ0) is 10.1. The molecule has 1 aliphatic rings. The predicted octanol–water partition coefficient (Wildman–Crippen LogP) is 1.04. The smallest absolute Gasteiger partial charge is 0.0678 e. The molecule has 0 heterocycles. The van der Waals surface area contributed by atoms with E-state index in [2.05, 4.69) is 0 Å². The quantitative estimate of drug-likeness (QED) is 0.691. The van der Waals surface area contributed by atoms with Crippen LogP contribution in [0.2, 0.25) is 0 Å². The van der Waals surface area contributed by atoms with Crippen LogP contribution in [0.1, 0.15) is 39.5 Å². The molecule has 0 atom stereocenters. The van der Waals surface area contributed by atoms with Crippen LogP contribution in [0.4, 0.5) is 0 Å². The Morgan fingerprint density at radius 3 is 2.46 bits per heavy atom. The minimum Gasteiger partial charge on any atom is -0.390 e. The molecule has 0 unspecified atom stereocenters. The van der Waals surface area contributed by atoms with E-state index in [-0.39, 0.29) is 11.6 Å². The second-order valence-electron chi connectivity index (χ2n) is 4.86. The lowest BCUT2D eigenvalue weighted by Gasteiger charge is -2.43. The van der Waals surface area contributed by atoms with Gasteiger partial charge in [-0.2, -0.15) is 0 Å². The van der Waals surface area contributed by atoms with Crippen LogP contribution in [0.25, 0.3) is 0 Å². The van der Waals surface area contributed by atoms with Gasteiger partial charge in [-0.15, -0.1) is 0 Å². The number of rotatable bonds is 4. The summed E-state index contributed by atoms with van der Waals surface area (Å²) in [5.41, 5.74) is 5.00. The maximum absolute atomic E-state index is 9.90. The van der Waals surface area contributed by atoms with Crippen molar-refractivity contribution in [2.75, 3.05) is 7.11 Å². The van der Waals surface area contributed by atoms with Gasteiger partial charge in [-0.1, -0.05) is 0 Å². The molecule has 13 heavy (non-hydrogen) atoms. The van der Waals surface area contributed by atoms with Gasteiger partial charge in [0.15, 0.2) is 0 Å². The van der Waals surface area contributed by atoms with Crippen molar-refractivity contribution in [1.82, 2.24) is 0 Å². The Morgan fingerprint density at radius 1 is 1.54 bits per heavy atom. The molecule has 0 aromatic rings. The Morgan fingerprint density at radius 2 is 2.08 bits per heavy atom. The third kappa shape index (κ3) is 2.93. The van der Waals surface area contributed by atoms with E-state index < -0.39 is 5.60 Å². The maximum Gasteiger partial charge on any atom is 0.0678 e. The summed E-state index contributed by atoms with van der Waals surface area (Å²) in [7, 11) is 1.70. The Bertz CT molecular complexity index is 174. The fraction of sp³-hybridized carbons (Fsp3) is 1.00. The summed E-state index contributed by atoms with van der Waals surface area (Å²) in [6.07, 6.45) is 3.16. The van der Waals surface area contributed by atoms with E-state index in [1.165, 1.54) is 0 Å². The topological polar surface area (TPSA) is 55.5 Å². The van der Waals surface area contributed by atoms with E-state index in [0.29, 0.717) is 0 Å². The van der Waals surface area contributed by atoms with Crippen LogP contribution in [0.5, 0.6) is 0 Å². The molecule has 1 rings (SSSR count). The highest BCUT2D eigenvalue weighted by Crippen LogP contribution is 2.36. The molecule has 0 aliphatic heterocycles. The second-order valence-corrected chi connectivity index (χ2v) is 4.86. The zero-order valence-electron chi connectivity index (χ0n) is 8.84. The number of hydrogen-bond acceptors (Lipinski definition) is 3. The normalized spacial score (nSPS) is 34.4. The lowest BCUT2D eigenvalue weighted by Crippen LogP contribution is -2.52. The third-order valence-electron chi connectivity index (χ3n) is 3.03. The molecule has 0 bridgehead atoms. The van der Waals surface area contributed by atoms with Gasteiger partial charge in [-0.25, -0.2) is 0 Å². The van der Waals surface area contributed by atoms with E-state index in [0.717, 1.165) is 25.7 Å². The third-order valence-corrected chi connectivity index (χ3v) is 3.03. The van der Waals surface area contributed by atoms with E-state index in [1.807, 2.05) is 13.8 Å². The first kappa shape index (κ1) is 11.0.